The van der Waals surface area contributed by atoms with Crippen molar-refractivity contribution in [1.82, 2.24) is 20.5 Å². The van der Waals surface area contributed by atoms with Crippen LogP contribution >= 0.6 is 0 Å². The Kier molecular flexibility index (Phi) is 5.50. The highest BCUT2D eigenvalue weighted by atomic mass is 16.7. The molecule has 1 N–H and O–H groups in total. The molecule has 0 fully saturated rings. The molecular formula is C18H18N4O5. The first-order valence-electron chi connectivity index (χ1n) is 8.07. The van der Waals surface area contributed by atoms with Crippen LogP contribution in [-0.4, -0.2) is 47.9 Å². The van der Waals surface area contributed by atoms with Gasteiger partial charge in [0, 0.05) is 6.54 Å². The molecule has 0 aliphatic carbocycles. The summed E-state index contributed by atoms with van der Waals surface area (Å²) in [6.07, 6.45) is 0. The van der Waals surface area contributed by atoms with Crippen LogP contribution in [0.25, 0.3) is 11.0 Å². The zero-order valence-electron chi connectivity index (χ0n) is 14.8. The molecule has 0 aliphatic rings. The number of carbonyl (C=O) groups excluding carboxylic acids is 2. The average Bonchev–Trinajstić information content (AvgIpc) is 3.12. The summed E-state index contributed by atoms with van der Waals surface area (Å²) in [5, 5.41) is 10.5. The zero-order chi connectivity index (χ0) is 19.2. The van der Waals surface area contributed by atoms with Gasteiger partial charge < -0.3 is 19.6 Å². The average molecular weight is 370 g/mol. The SMILES string of the molecule is COC(=O)c1ccc2nnn(OCC(=O)NCc3ccc(OC)cc3)c2c1. The van der Waals surface area contributed by atoms with Crippen molar-refractivity contribution in [3.63, 3.8) is 0 Å². The maximum absolute atomic E-state index is 12.0. The second kappa shape index (κ2) is 8.17. The van der Waals surface area contributed by atoms with Gasteiger partial charge in [-0.25, -0.2) is 4.79 Å². The number of hydrogen-bond acceptors (Lipinski definition) is 7. The van der Waals surface area contributed by atoms with Crippen LogP contribution < -0.4 is 14.9 Å². The summed E-state index contributed by atoms with van der Waals surface area (Å²) in [6.45, 7) is 0.105. The maximum atomic E-state index is 12.0. The molecule has 3 aromatic rings. The molecule has 27 heavy (non-hydrogen) atoms. The minimum absolute atomic E-state index is 0.253. The first kappa shape index (κ1) is 18.2. The van der Waals surface area contributed by atoms with Crippen LogP contribution in [0, 0.1) is 0 Å². The van der Waals surface area contributed by atoms with E-state index in [1.54, 1.807) is 19.2 Å². The van der Waals surface area contributed by atoms with Gasteiger partial charge in [0.15, 0.2) is 6.61 Å². The predicted molar refractivity (Wildman–Crippen MR) is 95.2 cm³/mol. The van der Waals surface area contributed by atoms with Crippen LogP contribution in [0.15, 0.2) is 42.5 Å². The number of esters is 1. The highest BCUT2D eigenvalue weighted by molar-refractivity contribution is 5.93. The number of ether oxygens (including phenoxy) is 2. The molecule has 2 aromatic carbocycles. The number of nitrogens with one attached hydrogen (secondary N) is 1. The quantitative estimate of drug-likeness (QED) is 0.618. The van der Waals surface area contributed by atoms with Gasteiger partial charge in [-0.05, 0) is 41.1 Å². The van der Waals surface area contributed by atoms with E-state index in [0.717, 1.165) is 16.2 Å². The molecule has 0 bridgehead atoms. The van der Waals surface area contributed by atoms with Crippen molar-refractivity contribution in [2.24, 2.45) is 0 Å². The zero-order valence-corrected chi connectivity index (χ0v) is 14.8. The smallest absolute Gasteiger partial charge is 0.337 e. The monoisotopic (exact) mass is 370 g/mol. The summed E-state index contributed by atoms with van der Waals surface area (Å²) in [5.74, 6) is -0.0572. The molecule has 0 atom stereocenters. The highest BCUT2D eigenvalue weighted by Crippen LogP contribution is 2.13. The molecule has 1 heterocycles. The van der Waals surface area contributed by atoms with Crippen molar-refractivity contribution in [1.29, 1.82) is 0 Å². The Morgan fingerprint density at radius 3 is 2.59 bits per heavy atom. The minimum Gasteiger partial charge on any atom is -0.497 e. The van der Waals surface area contributed by atoms with Crippen molar-refractivity contribution in [3.8, 4) is 5.75 Å². The number of aromatic nitrogens is 3. The van der Waals surface area contributed by atoms with Crippen molar-refractivity contribution in [3.05, 3.63) is 53.6 Å². The summed E-state index contributed by atoms with van der Waals surface area (Å²) in [6, 6.07) is 12.1. The third kappa shape index (κ3) is 4.32. The molecule has 0 spiro atoms. The van der Waals surface area contributed by atoms with Gasteiger partial charge in [-0.15, -0.1) is 5.10 Å². The van der Waals surface area contributed by atoms with Gasteiger partial charge >= 0.3 is 5.97 Å². The molecule has 140 valence electrons. The first-order valence-corrected chi connectivity index (χ1v) is 8.07. The molecule has 0 unspecified atom stereocenters. The van der Waals surface area contributed by atoms with E-state index < -0.39 is 5.97 Å². The van der Waals surface area contributed by atoms with Crippen LogP contribution in [-0.2, 0) is 16.1 Å². The Hall–Kier alpha value is -3.62. The number of amides is 1. The minimum atomic E-state index is -0.484. The standard InChI is InChI=1S/C18H18N4O5/c1-25-14-6-3-12(4-7-14)10-19-17(23)11-27-22-16-9-13(18(24)26-2)5-8-15(16)20-21-22/h3-9H,10-11H2,1-2H3,(H,19,23). The third-order valence-electron chi connectivity index (χ3n) is 3.80. The summed E-state index contributed by atoms with van der Waals surface area (Å²) >= 11 is 0. The lowest BCUT2D eigenvalue weighted by atomic mass is 10.2. The number of hydrogen-bond donors (Lipinski definition) is 1. The Morgan fingerprint density at radius 1 is 1.11 bits per heavy atom. The van der Waals surface area contributed by atoms with Crippen LogP contribution in [0.2, 0.25) is 0 Å². The molecule has 1 aromatic heterocycles. The fraction of sp³-hybridized carbons (Fsp3) is 0.222. The summed E-state index contributed by atoms with van der Waals surface area (Å²) in [4.78, 5) is 30.1. The summed E-state index contributed by atoms with van der Waals surface area (Å²) < 4.78 is 9.77. The van der Waals surface area contributed by atoms with E-state index in [4.69, 9.17) is 9.57 Å². The van der Waals surface area contributed by atoms with E-state index in [9.17, 15) is 9.59 Å². The predicted octanol–water partition coefficient (Wildman–Crippen LogP) is 0.971. The lowest BCUT2D eigenvalue weighted by Crippen LogP contribution is -2.31. The van der Waals surface area contributed by atoms with Gasteiger partial charge in [0.25, 0.3) is 5.91 Å². The van der Waals surface area contributed by atoms with Crippen LogP contribution in [0.5, 0.6) is 5.75 Å². The maximum Gasteiger partial charge on any atom is 0.337 e. The summed E-state index contributed by atoms with van der Waals surface area (Å²) in [7, 11) is 2.89. The van der Waals surface area contributed by atoms with Gasteiger partial charge in [0.1, 0.15) is 16.8 Å². The summed E-state index contributed by atoms with van der Waals surface area (Å²) in [5.41, 5.74) is 2.25. The van der Waals surface area contributed by atoms with E-state index in [0.29, 0.717) is 23.1 Å². The van der Waals surface area contributed by atoms with E-state index in [2.05, 4.69) is 20.4 Å². The number of nitrogens with zero attached hydrogens (tertiary/aromatic N) is 3. The normalized spacial score (nSPS) is 10.4. The van der Waals surface area contributed by atoms with Crippen molar-refractivity contribution < 1.29 is 23.9 Å². The molecule has 9 nitrogen and oxygen atoms in total. The van der Waals surface area contributed by atoms with Gasteiger partial charge in [-0.2, -0.15) is 0 Å². The van der Waals surface area contributed by atoms with Gasteiger partial charge in [0.05, 0.1) is 19.8 Å². The second-order valence-electron chi connectivity index (χ2n) is 5.56. The fourth-order valence-corrected chi connectivity index (χ4v) is 2.35. The molecule has 1 amide bonds. The van der Waals surface area contributed by atoms with Gasteiger partial charge in [-0.1, -0.05) is 17.0 Å². The molecule has 0 aliphatic heterocycles. The van der Waals surface area contributed by atoms with Crippen LogP contribution in [0.1, 0.15) is 15.9 Å². The van der Waals surface area contributed by atoms with E-state index in [1.165, 1.54) is 13.2 Å². The molecule has 9 heteroatoms. The highest BCUT2D eigenvalue weighted by Gasteiger charge is 2.12. The van der Waals surface area contributed by atoms with Crippen LogP contribution in [0.3, 0.4) is 0 Å². The Labute approximate surface area is 154 Å². The van der Waals surface area contributed by atoms with E-state index in [1.807, 2.05) is 24.3 Å². The van der Waals surface area contributed by atoms with Crippen LogP contribution in [0.4, 0.5) is 0 Å². The van der Waals surface area contributed by atoms with Gasteiger partial charge in [0.2, 0.25) is 0 Å². The molecular weight excluding hydrogens is 352 g/mol. The number of rotatable bonds is 7. The molecule has 0 saturated carbocycles. The lowest BCUT2D eigenvalue weighted by Gasteiger charge is -2.08. The topological polar surface area (TPSA) is 105 Å². The lowest BCUT2D eigenvalue weighted by molar-refractivity contribution is -0.126. The van der Waals surface area contributed by atoms with Crippen molar-refractivity contribution in [2.75, 3.05) is 20.8 Å². The van der Waals surface area contributed by atoms with E-state index >= 15 is 0 Å². The number of carbonyl (C=O) groups is 2. The Bertz CT molecular complexity index is 952. The Balaban J connectivity index is 1.58. The van der Waals surface area contributed by atoms with Crippen molar-refractivity contribution >= 4 is 22.9 Å². The number of benzene rings is 2. The largest absolute Gasteiger partial charge is 0.497 e. The Morgan fingerprint density at radius 2 is 1.89 bits per heavy atom. The second-order valence-corrected chi connectivity index (χ2v) is 5.56. The molecule has 0 saturated heterocycles. The third-order valence-corrected chi connectivity index (χ3v) is 3.80. The first-order chi connectivity index (χ1) is 13.1. The fourth-order valence-electron chi connectivity index (χ4n) is 2.35. The van der Waals surface area contributed by atoms with E-state index in [-0.39, 0.29) is 12.5 Å². The number of methoxy groups -OCH3 is 2. The number of fused-ring (bicyclic) bond motifs is 1. The van der Waals surface area contributed by atoms with Gasteiger partial charge in [-0.3, -0.25) is 4.79 Å². The van der Waals surface area contributed by atoms with Crippen molar-refractivity contribution in [2.45, 2.75) is 6.54 Å². The molecule has 3 rings (SSSR count). The molecule has 0 radical (unpaired) electrons.